The Morgan fingerprint density at radius 2 is 2.00 bits per heavy atom. The molecule has 0 aliphatic carbocycles. The Labute approximate surface area is 73.8 Å². The summed E-state index contributed by atoms with van der Waals surface area (Å²) in [6.45, 7) is 4.52. The van der Waals surface area contributed by atoms with Crippen LogP contribution in [0.1, 0.15) is 46.0 Å². The molecule has 0 saturated heterocycles. The lowest BCUT2D eigenvalue weighted by molar-refractivity contribution is 0.524. The SMILES string of the molecule is [B][B]C[C@H](C)CCCCCC. The number of rotatable bonds is 7. The molecule has 0 fully saturated rings. The molecular weight excluding hydrogens is 130 g/mol. The zero-order valence-corrected chi connectivity index (χ0v) is 7.97. The molecular formula is C9H19B2. The van der Waals surface area contributed by atoms with E-state index in [9.17, 15) is 0 Å². The molecule has 0 rings (SSSR count). The van der Waals surface area contributed by atoms with Crippen molar-refractivity contribution in [3.8, 4) is 0 Å². The predicted octanol–water partition coefficient (Wildman–Crippen LogP) is 2.80. The molecule has 0 aromatic carbocycles. The van der Waals surface area contributed by atoms with Gasteiger partial charge in [0.15, 0.2) is 0 Å². The Bertz CT molecular complexity index is 74.0. The fraction of sp³-hybridized carbons (Fsp3) is 1.00. The van der Waals surface area contributed by atoms with Gasteiger partial charge in [-0.15, -0.1) is 0 Å². The van der Waals surface area contributed by atoms with Gasteiger partial charge in [-0.2, -0.15) is 0 Å². The molecule has 0 N–H and O–H groups in total. The summed E-state index contributed by atoms with van der Waals surface area (Å²) in [7, 11) is 7.12. The first-order chi connectivity index (χ1) is 5.31. The smallest absolute Gasteiger partial charge is 0.0548 e. The lowest BCUT2D eigenvalue weighted by Crippen LogP contribution is -1.99. The summed E-state index contributed by atoms with van der Waals surface area (Å²) >= 11 is 0. The van der Waals surface area contributed by atoms with Crippen LogP contribution >= 0.6 is 0 Å². The van der Waals surface area contributed by atoms with Crippen molar-refractivity contribution in [2.45, 2.75) is 52.3 Å². The molecule has 0 bridgehead atoms. The van der Waals surface area contributed by atoms with Gasteiger partial charge in [0.05, 0.1) is 7.17 Å². The van der Waals surface area contributed by atoms with Crippen molar-refractivity contribution < 1.29 is 0 Å². The first-order valence-electron chi connectivity index (χ1n) is 4.84. The van der Waals surface area contributed by atoms with Gasteiger partial charge in [-0.1, -0.05) is 58.2 Å². The van der Waals surface area contributed by atoms with Crippen molar-refractivity contribution in [2.24, 2.45) is 5.92 Å². The lowest BCUT2D eigenvalue weighted by atomic mass is 9.51. The van der Waals surface area contributed by atoms with E-state index in [2.05, 4.69) is 13.8 Å². The topological polar surface area (TPSA) is 0 Å². The molecule has 0 amide bonds. The van der Waals surface area contributed by atoms with Crippen molar-refractivity contribution in [3.63, 3.8) is 0 Å². The lowest BCUT2D eigenvalue weighted by Gasteiger charge is -2.08. The number of hydrogen-bond acceptors (Lipinski definition) is 0. The zero-order chi connectivity index (χ0) is 8.53. The Kier molecular flexibility index (Phi) is 8.33. The molecule has 0 nitrogen and oxygen atoms in total. The van der Waals surface area contributed by atoms with E-state index in [1.807, 2.05) is 0 Å². The molecule has 0 unspecified atom stereocenters. The van der Waals surface area contributed by atoms with Gasteiger partial charge in [0.1, 0.15) is 0 Å². The highest BCUT2D eigenvalue weighted by Crippen LogP contribution is 2.12. The van der Waals surface area contributed by atoms with E-state index >= 15 is 0 Å². The Balaban J connectivity index is 2.97. The maximum absolute atomic E-state index is 5.33. The first kappa shape index (κ1) is 11.1. The van der Waals surface area contributed by atoms with Crippen molar-refractivity contribution in [2.75, 3.05) is 0 Å². The Morgan fingerprint density at radius 3 is 2.55 bits per heavy atom. The van der Waals surface area contributed by atoms with Crippen LogP contribution < -0.4 is 0 Å². The third kappa shape index (κ3) is 8.03. The van der Waals surface area contributed by atoms with Crippen molar-refractivity contribution in [3.05, 3.63) is 0 Å². The summed E-state index contributed by atoms with van der Waals surface area (Å²) in [4.78, 5) is 0. The van der Waals surface area contributed by atoms with E-state index in [0.29, 0.717) is 0 Å². The van der Waals surface area contributed by atoms with E-state index in [-0.39, 0.29) is 0 Å². The predicted molar refractivity (Wildman–Crippen MR) is 54.2 cm³/mol. The van der Waals surface area contributed by atoms with Crippen LogP contribution in [0.4, 0.5) is 0 Å². The van der Waals surface area contributed by atoms with Crippen molar-refractivity contribution in [1.29, 1.82) is 0 Å². The van der Waals surface area contributed by atoms with Gasteiger partial charge in [0.25, 0.3) is 0 Å². The summed E-state index contributed by atoms with van der Waals surface area (Å²) in [5.74, 6) is 0.789. The Hall–Kier alpha value is 0.130. The summed E-state index contributed by atoms with van der Waals surface area (Å²) in [6, 6.07) is 0. The van der Waals surface area contributed by atoms with Crippen LogP contribution in [0.3, 0.4) is 0 Å². The molecule has 0 saturated carbocycles. The van der Waals surface area contributed by atoms with Crippen LogP contribution in [-0.4, -0.2) is 14.9 Å². The molecule has 61 valence electrons. The second kappa shape index (κ2) is 8.23. The highest BCUT2D eigenvalue weighted by atomic mass is 14.0. The molecule has 1 atom stereocenters. The fourth-order valence-corrected chi connectivity index (χ4v) is 1.27. The normalized spacial score (nSPS) is 12.9. The summed E-state index contributed by atoms with van der Waals surface area (Å²) in [5, 5.41) is 0. The number of unbranched alkanes of at least 4 members (excludes halogenated alkanes) is 3. The molecule has 11 heavy (non-hydrogen) atoms. The van der Waals surface area contributed by atoms with Crippen LogP contribution in [0, 0.1) is 5.92 Å². The van der Waals surface area contributed by atoms with E-state index in [0.717, 1.165) is 12.2 Å². The van der Waals surface area contributed by atoms with Crippen LogP contribution in [0.25, 0.3) is 0 Å². The van der Waals surface area contributed by atoms with Crippen molar-refractivity contribution in [1.82, 2.24) is 0 Å². The summed E-state index contributed by atoms with van der Waals surface area (Å²) in [5.41, 5.74) is 0. The van der Waals surface area contributed by atoms with Gasteiger partial charge in [0, 0.05) is 7.74 Å². The standard InChI is InChI=1S/C9H19B2/c1-3-4-5-6-7-9(2)8-11-10/h9H,3-8H2,1-2H3/t9-/m1/s1. The Morgan fingerprint density at radius 1 is 1.27 bits per heavy atom. The van der Waals surface area contributed by atoms with Gasteiger partial charge >= 0.3 is 0 Å². The minimum absolute atomic E-state index is 0.789. The van der Waals surface area contributed by atoms with Crippen LogP contribution in [0.5, 0.6) is 0 Å². The third-order valence-corrected chi connectivity index (χ3v) is 2.09. The average molecular weight is 149 g/mol. The maximum Gasteiger partial charge on any atom is 0.0548 e. The fourth-order valence-electron chi connectivity index (χ4n) is 1.27. The quantitative estimate of drug-likeness (QED) is 0.385. The van der Waals surface area contributed by atoms with Gasteiger partial charge in [0.2, 0.25) is 0 Å². The summed E-state index contributed by atoms with van der Waals surface area (Å²) < 4.78 is 0. The minimum Gasteiger partial charge on any atom is -0.0870 e. The molecule has 0 heterocycles. The van der Waals surface area contributed by atoms with Gasteiger partial charge < -0.3 is 0 Å². The molecule has 0 aromatic rings. The molecule has 0 spiro atoms. The zero-order valence-electron chi connectivity index (χ0n) is 7.97. The maximum atomic E-state index is 5.33. The van der Waals surface area contributed by atoms with Gasteiger partial charge in [-0.25, -0.2) is 0 Å². The highest BCUT2D eigenvalue weighted by molar-refractivity contribution is 6.89. The number of hydrogen-bond donors (Lipinski definition) is 0. The van der Waals surface area contributed by atoms with Crippen molar-refractivity contribution >= 4 is 14.9 Å². The van der Waals surface area contributed by atoms with E-state index < -0.39 is 0 Å². The van der Waals surface area contributed by atoms with Gasteiger partial charge in [-0.05, 0) is 0 Å². The second-order valence-corrected chi connectivity index (χ2v) is 3.43. The van der Waals surface area contributed by atoms with E-state index in [1.165, 1.54) is 32.1 Å². The molecule has 2 heteroatoms. The van der Waals surface area contributed by atoms with Crippen LogP contribution in [0.15, 0.2) is 0 Å². The summed E-state index contributed by atoms with van der Waals surface area (Å²) in [6.07, 6.45) is 7.91. The molecule has 3 radical (unpaired) electrons. The first-order valence-corrected chi connectivity index (χ1v) is 4.84. The second-order valence-electron chi connectivity index (χ2n) is 3.43. The molecule has 0 aliphatic heterocycles. The van der Waals surface area contributed by atoms with E-state index in [4.69, 9.17) is 7.74 Å². The van der Waals surface area contributed by atoms with E-state index in [1.54, 1.807) is 7.17 Å². The monoisotopic (exact) mass is 149 g/mol. The average Bonchev–Trinajstić information content (AvgIpc) is 1.99. The van der Waals surface area contributed by atoms with Crippen LogP contribution in [0.2, 0.25) is 6.32 Å². The molecule has 0 aliphatic rings. The largest absolute Gasteiger partial charge is 0.0870 e. The van der Waals surface area contributed by atoms with Gasteiger partial charge in [-0.3, -0.25) is 0 Å². The highest BCUT2D eigenvalue weighted by Gasteiger charge is 1.98. The third-order valence-electron chi connectivity index (χ3n) is 2.09. The minimum atomic E-state index is 0.789. The van der Waals surface area contributed by atoms with Crippen LogP contribution in [-0.2, 0) is 0 Å². The molecule has 0 aromatic heterocycles.